The quantitative estimate of drug-likeness (QED) is 0.419. The number of para-hydroxylation sites is 1. The molecule has 178 valence electrons. The van der Waals surface area contributed by atoms with Gasteiger partial charge in [0.15, 0.2) is 11.2 Å². The lowest BCUT2D eigenvalue weighted by Gasteiger charge is -2.20. The van der Waals surface area contributed by atoms with Gasteiger partial charge >= 0.3 is 5.69 Å². The molecule has 10 heteroatoms. The van der Waals surface area contributed by atoms with Gasteiger partial charge in [-0.05, 0) is 26.0 Å². The van der Waals surface area contributed by atoms with Crippen molar-refractivity contribution < 1.29 is 0 Å². The fourth-order valence-corrected chi connectivity index (χ4v) is 4.14. The average molecular weight is 471 g/mol. The van der Waals surface area contributed by atoms with Crippen LogP contribution in [-0.2, 0) is 20.1 Å². The van der Waals surface area contributed by atoms with Crippen LogP contribution in [0.4, 0.5) is 5.95 Å². The highest BCUT2D eigenvalue weighted by molar-refractivity contribution is 5.84. The summed E-state index contributed by atoms with van der Waals surface area (Å²) < 4.78 is 4.21. The lowest BCUT2D eigenvalue weighted by Crippen LogP contribution is -2.40. The van der Waals surface area contributed by atoms with Crippen molar-refractivity contribution in [3.05, 3.63) is 62.4 Å². The van der Waals surface area contributed by atoms with Crippen LogP contribution in [0.3, 0.4) is 0 Å². The van der Waals surface area contributed by atoms with Gasteiger partial charge in [0.05, 0.1) is 29.9 Å². The number of pyridine rings is 1. The second-order valence-electron chi connectivity index (χ2n) is 8.48. The van der Waals surface area contributed by atoms with E-state index in [-0.39, 0.29) is 30.3 Å². The van der Waals surface area contributed by atoms with Crippen molar-refractivity contribution in [3.8, 4) is 17.9 Å². The van der Waals surface area contributed by atoms with Crippen molar-refractivity contribution in [2.24, 2.45) is 12.8 Å². The third kappa shape index (κ3) is 4.27. The number of aromatic nitrogens is 5. The smallest absolute Gasteiger partial charge is 0.332 e. The molecule has 0 aliphatic heterocycles. The van der Waals surface area contributed by atoms with Crippen LogP contribution in [0.5, 0.6) is 0 Å². The van der Waals surface area contributed by atoms with Crippen LogP contribution in [0.25, 0.3) is 22.1 Å². The summed E-state index contributed by atoms with van der Waals surface area (Å²) in [6, 6.07) is 10.9. The Morgan fingerprint density at radius 2 is 1.94 bits per heavy atom. The zero-order chi connectivity index (χ0) is 25.3. The summed E-state index contributed by atoms with van der Waals surface area (Å²) in [6.07, 6.45) is 0. The number of nitrogens with zero attached hydrogens (tertiary/aromatic N) is 7. The molecule has 4 aromatic rings. The second kappa shape index (κ2) is 9.45. The summed E-state index contributed by atoms with van der Waals surface area (Å²) in [4.78, 5) is 37.9. The van der Waals surface area contributed by atoms with Crippen LogP contribution in [0, 0.1) is 23.2 Å². The van der Waals surface area contributed by atoms with E-state index in [0.29, 0.717) is 29.3 Å². The predicted octanol–water partition coefficient (Wildman–Crippen LogP) is 1.17. The number of hydrogen-bond donors (Lipinski definition) is 1. The lowest BCUT2D eigenvalue weighted by atomic mass is 10.1. The molecule has 1 atom stereocenters. The van der Waals surface area contributed by atoms with E-state index in [1.807, 2.05) is 31.0 Å². The molecule has 2 N–H and O–H groups in total. The zero-order valence-electron chi connectivity index (χ0n) is 20.1. The van der Waals surface area contributed by atoms with E-state index in [1.165, 1.54) is 4.57 Å². The van der Waals surface area contributed by atoms with Crippen LogP contribution in [0.2, 0.25) is 0 Å². The van der Waals surface area contributed by atoms with Crippen LogP contribution >= 0.6 is 0 Å². The zero-order valence-corrected chi connectivity index (χ0v) is 20.1. The number of rotatable bonds is 6. The third-order valence-electron chi connectivity index (χ3n) is 5.75. The molecule has 0 bridgehead atoms. The largest absolute Gasteiger partial charge is 0.344 e. The summed E-state index contributed by atoms with van der Waals surface area (Å²) >= 11 is 0. The van der Waals surface area contributed by atoms with E-state index in [1.54, 1.807) is 36.7 Å². The van der Waals surface area contributed by atoms with Crippen molar-refractivity contribution in [1.29, 1.82) is 5.26 Å². The number of likely N-dealkylation sites (N-methyl/N-ethyl adjacent to an activating group) is 1. The molecule has 4 rings (SSSR count). The molecular weight excluding hydrogens is 444 g/mol. The Hall–Kier alpha value is -4.41. The van der Waals surface area contributed by atoms with Gasteiger partial charge in [0, 0.05) is 32.1 Å². The van der Waals surface area contributed by atoms with Crippen molar-refractivity contribution in [2.75, 3.05) is 18.5 Å². The van der Waals surface area contributed by atoms with Crippen molar-refractivity contribution in [3.63, 3.8) is 0 Å². The number of nitriles is 1. The molecule has 0 radical (unpaired) electrons. The molecule has 0 saturated carbocycles. The predicted molar refractivity (Wildman–Crippen MR) is 135 cm³/mol. The van der Waals surface area contributed by atoms with Gasteiger partial charge in [0.25, 0.3) is 5.56 Å². The van der Waals surface area contributed by atoms with Gasteiger partial charge in [-0.2, -0.15) is 10.2 Å². The molecule has 0 spiro atoms. The van der Waals surface area contributed by atoms with Crippen molar-refractivity contribution in [1.82, 2.24) is 23.7 Å². The molecule has 0 amide bonds. The van der Waals surface area contributed by atoms with E-state index in [2.05, 4.69) is 27.9 Å². The van der Waals surface area contributed by atoms with E-state index in [9.17, 15) is 14.9 Å². The number of nitrogens with two attached hydrogens (primary N) is 1. The van der Waals surface area contributed by atoms with Crippen LogP contribution in [0.1, 0.15) is 25.1 Å². The number of benzene rings is 1. The summed E-state index contributed by atoms with van der Waals surface area (Å²) in [5.41, 5.74) is 6.99. The average Bonchev–Trinajstić information content (AvgIpc) is 3.23. The Kier molecular flexibility index (Phi) is 6.41. The Bertz CT molecular complexity index is 1660. The molecule has 1 unspecified atom stereocenters. The Morgan fingerprint density at radius 3 is 2.63 bits per heavy atom. The molecule has 0 fully saturated rings. The van der Waals surface area contributed by atoms with E-state index in [0.717, 1.165) is 9.95 Å². The summed E-state index contributed by atoms with van der Waals surface area (Å²) in [5.74, 6) is 6.35. The first-order valence-corrected chi connectivity index (χ1v) is 11.1. The topological polar surface area (TPSA) is 128 Å². The molecule has 10 nitrogen and oxygen atoms in total. The first-order valence-electron chi connectivity index (χ1n) is 11.1. The highest BCUT2D eigenvalue weighted by atomic mass is 16.2. The van der Waals surface area contributed by atoms with Crippen LogP contribution in [0.15, 0.2) is 39.9 Å². The highest BCUT2D eigenvalue weighted by Gasteiger charge is 2.22. The second-order valence-corrected chi connectivity index (χ2v) is 8.48. The number of anilines is 1. The van der Waals surface area contributed by atoms with Gasteiger partial charge < -0.3 is 10.6 Å². The maximum absolute atomic E-state index is 13.7. The van der Waals surface area contributed by atoms with Gasteiger partial charge in [-0.1, -0.05) is 24.1 Å². The van der Waals surface area contributed by atoms with E-state index in [4.69, 9.17) is 5.73 Å². The maximum Gasteiger partial charge on any atom is 0.332 e. The van der Waals surface area contributed by atoms with E-state index < -0.39 is 11.2 Å². The number of hydrogen-bond acceptors (Lipinski definition) is 7. The molecule has 35 heavy (non-hydrogen) atoms. The maximum atomic E-state index is 13.7. The van der Waals surface area contributed by atoms with Gasteiger partial charge in [0.1, 0.15) is 6.07 Å². The summed E-state index contributed by atoms with van der Waals surface area (Å²) in [5, 5.41) is 10.2. The molecule has 0 aliphatic carbocycles. The van der Waals surface area contributed by atoms with Crippen LogP contribution in [-0.4, -0.2) is 43.3 Å². The Labute approximate surface area is 201 Å². The van der Waals surface area contributed by atoms with E-state index >= 15 is 0 Å². The SMILES string of the molecule is CC#CCn1c(N(C)CC(C)N)nc2c1c(=O)n(Cc1ccc3cccc(C#N)c3n1)c(=O)n2C. The summed E-state index contributed by atoms with van der Waals surface area (Å²) in [6.45, 7) is 4.30. The lowest BCUT2D eigenvalue weighted by molar-refractivity contribution is 0.645. The van der Waals surface area contributed by atoms with Gasteiger partial charge in [-0.15, -0.1) is 5.92 Å². The van der Waals surface area contributed by atoms with Crippen molar-refractivity contribution >= 4 is 28.0 Å². The highest BCUT2D eigenvalue weighted by Crippen LogP contribution is 2.20. The minimum Gasteiger partial charge on any atom is -0.344 e. The van der Waals surface area contributed by atoms with Gasteiger partial charge in [0.2, 0.25) is 5.95 Å². The fraction of sp³-hybridized carbons (Fsp3) is 0.320. The molecule has 3 aromatic heterocycles. The fourth-order valence-electron chi connectivity index (χ4n) is 4.14. The normalized spacial score (nSPS) is 11.8. The van der Waals surface area contributed by atoms with Crippen molar-refractivity contribution in [2.45, 2.75) is 33.0 Å². The first kappa shape index (κ1) is 23.7. The first-order chi connectivity index (χ1) is 16.8. The van der Waals surface area contributed by atoms with Gasteiger partial charge in [-0.25, -0.2) is 9.78 Å². The molecular formula is C25H26N8O2. The number of imidazole rings is 1. The standard InChI is InChI=1S/C25H26N8O2/c1-5-6-12-32-21-22(29-24(32)30(3)14-16(2)27)31(4)25(35)33(23(21)34)15-19-11-10-17-8-7-9-18(13-26)20(17)28-19/h7-11,16H,12,14-15,27H2,1-4H3. The Morgan fingerprint density at radius 1 is 1.17 bits per heavy atom. The molecule has 1 aromatic carbocycles. The molecule has 0 aliphatic rings. The number of fused-ring (bicyclic) bond motifs is 2. The molecule has 3 heterocycles. The van der Waals surface area contributed by atoms with Gasteiger partial charge in [-0.3, -0.25) is 18.5 Å². The third-order valence-corrected chi connectivity index (χ3v) is 5.75. The molecule has 0 saturated heterocycles. The monoisotopic (exact) mass is 470 g/mol. The number of aryl methyl sites for hydroxylation is 1. The van der Waals surface area contributed by atoms with Crippen LogP contribution < -0.4 is 21.9 Å². The summed E-state index contributed by atoms with van der Waals surface area (Å²) in [7, 11) is 3.42. The minimum atomic E-state index is -0.509. The minimum absolute atomic E-state index is 0.0488. The Balaban J connectivity index is 1.92.